The van der Waals surface area contributed by atoms with E-state index in [1.807, 2.05) is 62.4 Å². The van der Waals surface area contributed by atoms with Crippen molar-refractivity contribution in [3.63, 3.8) is 0 Å². The van der Waals surface area contributed by atoms with E-state index in [1.54, 1.807) is 6.07 Å². The molecule has 4 heteroatoms. The Morgan fingerprint density at radius 1 is 0.955 bits per heavy atom. The summed E-state index contributed by atoms with van der Waals surface area (Å²) in [6.07, 6.45) is 0. The van der Waals surface area contributed by atoms with Crippen LogP contribution in [0.1, 0.15) is 24.2 Å². The Balaban J connectivity index is 2.12. The number of rotatable bonds is 5. The van der Waals surface area contributed by atoms with Crippen LogP contribution in [0.5, 0.6) is 0 Å². The zero-order valence-corrected chi connectivity index (χ0v) is 12.8. The molecule has 4 nitrogen and oxygen atoms in total. The van der Waals surface area contributed by atoms with Crippen LogP contribution in [0.4, 0.5) is 0 Å². The highest BCUT2D eigenvalue weighted by atomic mass is 16.2. The summed E-state index contributed by atoms with van der Waals surface area (Å²) in [4.78, 5) is 24.0. The zero-order valence-electron chi connectivity index (χ0n) is 12.8. The van der Waals surface area contributed by atoms with Crippen molar-refractivity contribution >= 4 is 11.8 Å². The van der Waals surface area contributed by atoms with E-state index < -0.39 is 0 Å². The van der Waals surface area contributed by atoms with Crippen LogP contribution in [-0.4, -0.2) is 24.4 Å². The molecule has 0 aliphatic rings. The van der Waals surface area contributed by atoms with Crippen LogP contribution >= 0.6 is 0 Å². The van der Waals surface area contributed by atoms with Crippen LogP contribution in [0.2, 0.25) is 0 Å². The highest BCUT2D eigenvalue weighted by molar-refractivity contribution is 6.02. The molecule has 0 atom stereocenters. The average Bonchev–Trinajstić information content (AvgIpc) is 2.53. The summed E-state index contributed by atoms with van der Waals surface area (Å²) >= 11 is 0. The van der Waals surface area contributed by atoms with Gasteiger partial charge in [-0.05, 0) is 31.0 Å². The molecule has 0 unspecified atom stereocenters. The quantitative estimate of drug-likeness (QED) is 0.891. The fourth-order valence-electron chi connectivity index (χ4n) is 2.18. The molecule has 0 aliphatic heterocycles. The standard InChI is InChI=1S/C18H20N2O2/c1-13(2)20-17(21)12-19-18(22)16-11-7-6-10-15(16)14-8-4-3-5-9-14/h3-11,13H,12H2,1-2H3,(H,19,22)(H,20,21). The molecular weight excluding hydrogens is 276 g/mol. The van der Waals surface area contributed by atoms with Crippen LogP contribution in [0, 0.1) is 0 Å². The van der Waals surface area contributed by atoms with E-state index in [0.29, 0.717) is 5.56 Å². The third kappa shape index (κ3) is 4.19. The fourth-order valence-corrected chi connectivity index (χ4v) is 2.18. The van der Waals surface area contributed by atoms with Crippen LogP contribution in [-0.2, 0) is 4.79 Å². The predicted octanol–water partition coefficient (Wildman–Crippen LogP) is 2.61. The second kappa shape index (κ2) is 7.41. The third-order valence-corrected chi connectivity index (χ3v) is 3.12. The summed E-state index contributed by atoms with van der Waals surface area (Å²) in [7, 11) is 0. The van der Waals surface area contributed by atoms with Gasteiger partial charge in [-0.1, -0.05) is 48.5 Å². The maximum Gasteiger partial charge on any atom is 0.252 e. The number of hydrogen-bond donors (Lipinski definition) is 2. The van der Waals surface area contributed by atoms with Crippen molar-refractivity contribution in [2.75, 3.05) is 6.54 Å². The second-order valence-electron chi connectivity index (χ2n) is 5.32. The van der Waals surface area contributed by atoms with E-state index in [-0.39, 0.29) is 24.4 Å². The number of hydrogen-bond acceptors (Lipinski definition) is 2. The molecule has 0 spiro atoms. The molecule has 2 N–H and O–H groups in total. The molecular formula is C18H20N2O2. The van der Waals surface area contributed by atoms with Crippen molar-refractivity contribution in [3.05, 3.63) is 60.2 Å². The molecule has 22 heavy (non-hydrogen) atoms. The van der Waals surface area contributed by atoms with Gasteiger partial charge in [-0.25, -0.2) is 0 Å². The fraction of sp³-hybridized carbons (Fsp3) is 0.222. The Hall–Kier alpha value is -2.62. The van der Waals surface area contributed by atoms with Crippen molar-refractivity contribution in [1.29, 1.82) is 0 Å². The van der Waals surface area contributed by atoms with Crippen molar-refractivity contribution in [3.8, 4) is 11.1 Å². The molecule has 114 valence electrons. The molecule has 2 aromatic carbocycles. The minimum Gasteiger partial charge on any atom is -0.352 e. The average molecular weight is 296 g/mol. The molecule has 0 saturated heterocycles. The number of benzene rings is 2. The maximum atomic E-state index is 12.3. The lowest BCUT2D eigenvalue weighted by Crippen LogP contribution is -2.39. The highest BCUT2D eigenvalue weighted by Crippen LogP contribution is 2.23. The molecule has 0 fully saturated rings. The van der Waals surface area contributed by atoms with Gasteiger partial charge in [0, 0.05) is 11.6 Å². The lowest BCUT2D eigenvalue weighted by molar-refractivity contribution is -0.120. The van der Waals surface area contributed by atoms with Crippen LogP contribution < -0.4 is 10.6 Å². The monoisotopic (exact) mass is 296 g/mol. The Morgan fingerprint density at radius 2 is 1.59 bits per heavy atom. The zero-order chi connectivity index (χ0) is 15.9. The number of amides is 2. The predicted molar refractivity (Wildman–Crippen MR) is 87.5 cm³/mol. The molecule has 0 aliphatic carbocycles. The Bertz CT molecular complexity index is 651. The second-order valence-corrected chi connectivity index (χ2v) is 5.32. The SMILES string of the molecule is CC(C)NC(=O)CNC(=O)c1ccccc1-c1ccccc1. The normalized spacial score (nSPS) is 10.3. The Labute approximate surface area is 130 Å². The van der Waals surface area contributed by atoms with Crippen molar-refractivity contribution < 1.29 is 9.59 Å². The molecule has 2 aromatic rings. The first kappa shape index (κ1) is 15.8. The van der Waals surface area contributed by atoms with Gasteiger partial charge >= 0.3 is 0 Å². The third-order valence-electron chi connectivity index (χ3n) is 3.12. The first-order valence-corrected chi connectivity index (χ1v) is 7.30. The van der Waals surface area contributed by atoms with E-state index in [4.69, 9.17) is 0 Å². The summed E-state index contributed by atoms with van der Waals surface area (Å²) < 4.78 is 0. The van der Waals surface area contributed by atoms with Gasteiger partial charge in [0.05, 0.1) is 6.54 Å². The van der Waals surface area contributed by atoms with Crippen LogP contribution in [0.15, 0.2) is 54.6 Å². The van der Waals surface area contributed by atoms with Crippen molar-refractivity contribution in [1.82, 2.24) is 10.6 Å². The summed E-state index contributed by atoms with van der Waals surface area (Å²) in [6, 6.07) is 17.1. The molecule has 0 heterocycles. The van der Waals surface area contributed by atoms with Gasteiger partial charge in [0.2, 0.25) is 5.91 Å². The minimum atomic E-state index is -0.252. The van der Waals surface area contributed by atoms with E-state index in [1.165, 1.54) is 0 Å². The van der Waals surface area contributed by atoms with Gasteiger partial charge in [0.25, 0.3) is 5.91 Å². The van der Waals surface area contributed by atoms with Gasteiger partial charge in [0.15, 0.2) is 0 Å². The molecule has 2 amide bonds. The van der Waals surface area contributed by atoms with Gasteiger partial charge in [0.1, 0.15) is 0 Å². The molecule has 0 radical (unpaired) electrons. The van der Waals surface area contributed by atoms with E-state index in [0.717, 1.165) is 11.1 Å². The smallest absolute Gasteiger partial charge is 0.252 e. The largest absolute Gasteiger partial charge is 0.352 e. The Kier molecular flexibility index (Phi) is 5.31. The molecule has 0 aromatic heterocycles. The lowest BCUT2D eigenvalue weighted by Gasteiger charge is -2.11. The molecule has 0 bridgehead atoms. The summed E-state index contributed by atoms with van der Waals surface area (Å²) in [5.74, 6) is -0.445. The highest BCUT2D eigenvalue weighted by Gasteiger charge is 2.13. The van der Waals surface area contributed by atoms with E-state index >= 15 is 0 Å². The van der Waals surface area contributed by atoms with Crippen molar-refractivity contribution in [2.45, 2.75) is 19.9 Å². The van der Waals surface area contributed by atoms with Gasteiger partial charge in [-0.2, -0.15) is 0 Å². The van der Waals surface area contributed by atoms with Gasteiger partial charge < -0.3 is 10.6 Å². The number of nitrogens with one attached hydrogen (secondary N) is 2. The lowest BCUT2D eigenvalue weighted by atomic mass is 9.99. The van der Waals surface area contributed by atoms with E-state index in [9.17, 15) is 9.59 Å². The number of carbonyl (C=O) groups is 2. The van der Waals surface area contributed by atoms with Gasteiger partial charge in [-0.15, -0.1) is 0 Å². The topological polar surface area (TPSA) is 58.2 Å². The Morgan fingerprint density at radius 3 is 2.27 bits per heavy atom. The van der Waals surface area contributed by atoms with Crippen LogP contribution in [0.3, 0.4) is 0 Å². The van der Waals surface area contributed by atoms with E-state index in [2.05, 4.69) is 10.6 Å². The van der Waals surface area contributed by atoms with Crippen LogP contribution in [0.25, 0.3) is 11.1 Å². The summed E-state index contributed by atoms with van der Waals surface area (Å²) in [6.45, 7) is 3.73. The molecule has 0 saturated carbocycles. The first-order valence-electron chi connectivity index (χ1n) is 7.30. The maximum absolute atomic E-state index is 12.3. The van der Waals surface area contributed by atoms with Crippen molar-refractivity contribution in [2.24, 2.45) is 0 Å². The molecule has 2 rings (SSSR count). The minimum absolute atomic E-state index is 0.0276. The summed E-state index contributed by atoms with van der Waals surface area (Å²) in [5, 5.41) is 5.41. The number of carbonyl (C=O) groups excluding carboxylic acids is 2. The summed E-state index contributed by atoms with van der Waals surface area (Å²) in [5.41, 5.74) is 2.38. The first-order chi connectivity index (χ1) is 10.6. The van der Waals surface area contributed by atoms with Gasteiger partial charge in [-0.3, -0.25) is 9.59 Å².